The van der Waals surface area contributed by atoms with E-state index in [-0.39, 0.29) is 0 Å². The molecule has 1 aromatic heterocycles. The highest BCUT2D eigenvalue weighted by Gasteiger charge is 2.47. The normalized spacial score (nSPS) is 29.8. The lowest BCUT2D eigenvalue weighted by atomic mass is 10.2. The number of aromatic nitrogens is 2. The van der Waals surface area contributed by atoms with Crippen LogP contribution >= 0.6 is 0 Å². The van der Waals surface area contributed by atoms with Gasteiger partial charge in [-0.2, -0.15) is 5.10 Å². The third-order valence-corrected chi connectivity index (χ3v) is 3.00. The molecule has 0 bridgehead atoms. The summed E-state index contributed by atoms with van der Waals surface area (Å²) in [6.45, 7) is 3.07. The summed E-state index contributed by atoms with van der Waals surface area (Å²) in [4.78, 5) is 0. The van der Waals surface area contributed by atoms with E-state index in [0.717, 1.165) is 24.2 Å². The van der Waals surface area contributed by atoms with Crippen molar-refractivity contribution in [1.82, 2.24) is 10.2 Å². The molecule has 2 unspecified atom stereocenters. The lowest BCUT2D eigenvalue weighted by Gasteiger charge is -2.00. The zero-order chi connectivity index (χ0) is 8.13. The SMILES string of the molecule is CCNc1n[nH]c2c1CC1CC21. The fraction of sp³-hybridized carbons (Fsp3) is 0.667. The summed E-state index contributed by atoms with van der Waals surface area (Å²) < 4.78 is 0. The largest absolute Gasteiger partial charge is 0.369 e. The molecule has 0 spiro atoms. The third kappa shape index (κ3) is 0.687. The summed E-state index contributed by atoms with van der Waals surface area (Å²) in [6, 6.07) is 0. The van der Waals surface area contributed by atoms with Crippen LogP contribution < -0.4 is 5.32 Å². The van der Waals surface area contributed by atoms with Gasteiger partial charge in [0.25, 0.3) is 0 Å². The standard InChI is InChI=1S/C9H13N3/c1-2-10-9-7-4-5-3-6(5)8(7)11-12-9/h5-6H,2-4H2,1H3,(H2,10,11,12). The molecule has 1 heterocycles. The maximum absolute atomic E-state index is 4.27. The number of hydrogen-bond acceptors (Lipinski definition) is 2. The maximum Gasteiger partial charge on any atom is 0.151 e. The Labute approximate surface area is 71.6 Å². The van der Waals surface area contributed by atoms with Crippen LogP contribution in [0.4, 0.5) is 5.82 Å². The van der Waals surface area contributed by atoms with Gasteiger partial charge < -0.3 is 5.32 Å². The molecule has 1 saturated carbocycles. The van der Waals surface area contributed by atoms with Gasteiger partial charge in [0.15, 0.2) is 5.82 Å². The second-order valence-corrected chi connectivity index (χ2v) is 3.80. The van der Waals surface area contributed by atoms with Crippen LogP contribution in [-0.2, 0) is 6.42 Å². The Morgan fingerprint density at radius 2 is 2.58 bits per heavy atom. The minimum Gasteiger partial charge on any atom is -0.369 e. The van der Waals surface area contributed by atoms with Crippen LogP contribution in [0, 0.1) is 5.92 Å². The number of rotatable bonds is 2. The van der Waals surface area contributed by atoms with Crippen molar-refractivity contribution < 1.29 is 0 Å². The number of aromatic amines is 1. The van der Waals surface area contributed by atoms with Crippen LogP contribution in [0.2, 0.25) is 0 Å². The maximum atomic E-state index is 4.27. The molecule has 0 aromatic carbocycles. The third-order valence-electron chi connectivity index (χ3n) is 3.00. The number of H-pyrrole nitrogens is 1. The highest BCUT2D eigenvalue weighted by molar-refractivity contribution is 5.52. The van der Waals surface area contributed by atoms with E-state index in [9.17, 15) is 0 Å². The molecular formula is C9H13N3. The lowest BCUT2D eigenvalue weighted by Crippen LogP contribution is -1.99. The first kappa shape index (κ1) is 6.52. The Morgan fingerprint density at radius 1 is 1.67 bits per heavy atom. The van der Waals surface area contributed by atoms with Gasteiger partial charge in [-0.3, -0.25) is 5.10 Å². The predicted molar refractivity (Wildman–Crippen MR) is 47.3 cm³/mol. The van der Waals surface area contributed by atoms with Gasteiger partial charge in [0, 0.05) is 23.7 Å². The van der Waals surface area contributed by atoms with Gasteiger partial charge >= 0.3 is 0 Å². The molecule has 0 aliphatic heterocycles. The summed E-state index contributed by atoms with van der Waals surface area (Å²) >= 11 is 0. The monoisotopic (exact) mass is 163 g/mol. The molecule has 3 rings (SSSR count). The Morgan fingerprint density at radius 3 is 3.42 bits per heavy atom. The highest BCUT2D eigenvalue weighted by Crippen LogP contribution is 2.56. The first-order valence-electron chi connectivity index (χ1n) is 4.71. The van der Waals surface area contributed by atoms with Crippen molar-refractivity contribution in [2.75, 3.05) is 11.9 Å². The Kier molecular flexibility index (Phi) is 1.10. The van der Waals surface area contributed by atoms with Gasteiger partial charge in [-0.1, -0.05) is 0 Å². The predicted octanol–water partition coefficient (Wildman–Crippen LogP) is 1.50. The average molecular weight is 163 g/mol. The van der Waals surface area contributed by atoms with Crippen LogP contribution in [0.25, 0.3) is 0 Å². The molecule has 64 valence electrons. The number of nitrogens with one attached hydrogen (secondary N) is 2. The van der Waals surface area contributed by atoms with Crippen LogP contribution in [0.5, 0.6) is 0 Å². The second kappa shape index (κ2) is 2.03. The molecular weight excluding hydrogens is 150 g/mol. The smallest absolute Gasteiger partial charge is 0.151 e. The van der Waals surface area contributed by atoms with Crippen molar-refractivity contribution in [1.29, 1.82) is 0 Å². The molecule has 2 atom stereocenters. The van der Waals surface area contributed by atoms with Gasteiger partial charge in [0.2, 0.25) is 0 Å². The Balaban J connectivity index is 1.98. The van der Waals surface area contributed by atoms with Gasteiger partial charge in [-0.15, -0.1) is 0 Å². The minimum absolute atomic E-state index is 0.833. The van der Waals surface area contributed by atoms with E-state index in [2.05, 4.69) is 22.4 Å². The second-order valence-electron chi connectivity index (χ2n) is 3.80. The lowest BCUT2D eigenvalue weighted by molar-refractivity contribution is 0.841. The zero-order valence-corrected chi connectivity index (χ0v) is 7.22. The van der Waals surface area contributed by atoms with E-state index in [0.29, 0.717) is 0 Å². The van der Waals surface area contributed by atoms with Crippen LogP contribution in [0.3, 0.4) is 0 Å². The van der Waals surface area contributed by atoms with Crippen molar-refractivity contribution in [3.63, 3.8) is 0 Å². The fourth-order valence-corrected chi connectivity index (χ4v) is 2.29. The van der Waals surface area contributed by atoms with Crippen molar-refractivity contribution in [3.05, 3.63) is 11.3 Å². The average Bonchev–Trinajstić information content (AvgIpc) is 2.56. The molecule has 2 aliphatic carbocycles. The topological polar surface area (TPSA) is 40.7 Å². The van der Waals surface area contributed by atoms with Crippen molar-refractivity contribution in [2.45, 2.75) is 25.7 Å². The Bertz CT molecular complexity index is 316. The van der Waals surface area contributed by atoms with Gasteiger partial charge in [-0.05, 0) is 25.7 Å². The first-order valence-corrected chi connectivity index (χ1v) is 4.71. The molecule has 0 radical (unpaired) electrons. The molecule has 3 heteroatoms. The van der Waals surface area contributed by atoms with Gasteiger partial charge in [0.05, 0.1) is 0 Å². The fourth-order valence-electron chi connectivity index (χ4n) is 2.29. The van der Waals surface area contributed by atoms with Crippen LogP contribution in [0.15, 0.2) is 0 Å². The van der Waals surface area contributed by atoms with E-state index in [1.165, 1.54) is 24.1 Å². The van der Waals surface area contributed by atoms with Crippen molar-refractivity contribution in [2.24, 2.45) is 5.92 Å². The van der Waals surface area contributed by atoms with Crippen molar-refractivity contribution in [3.8, 4) is 0 Å². The number of hydrogen-bond donors (Lipinski definition) is 2. The number of anilines is 1. The quantitative estimate of drug-likeness (QED) is 0.693. The van der Waals surface area contributed by atoms with Gasteiger partial charge in [0.1, 0.15) is 0 Å². The summed E-state index contributed by atoms with van der Waals surface area (Å²) in [5.74, 6) is 2.88. The van der Waals surface area contributed by atoms with Crippen LogP contribution in [-0.4, -0.2) is 16.7 Å². The molecule has 1 fully saturated rings. The van der Waals surface area contributed by atoms with Crippen molar-refractivity contribution >= 4 is 5.82 Å². The number of fused-ring (bicyclic) bond motifs is 3. The van der Waals surface area contributed by atoms with E-state index >= 15 is 0 Å². The molecule has 2 aliphatic rings. The van der Waals surface area contributed by atoms with E-state index in [1.807, 2.05) is 0 Å². The molecule has 2 N–H and O–H groups in total. The first-order chi connectivity index (χ1) is 5.90. The molecule has 1 aromatic rings. The summed E-state index contributed by atoms with van der Waals surface area (Å²) in [5, 5.41) is 10.7. The van der Waals surface area contributed by atoms with E-state index in [4.69, 9.17) is 0 Å². The summed E-state index contributed by atoms with van der Waals surface area (Å²) in [6.07, 6.45) is 2.64. The summed E-state index contributed by atoms with van der Waals surface area (Å²) in [5.41, 5.74) is 2.87. The molecule has 3 nitrogen and oxygen atoms in total. The molecule has 0 saturated heterocycles. The molecule has 0 amide bonds. The van der Waals surface area contributed by atoms with E-state index < -0.39 is 0 Å². The van der Waals surface area contributed by atoms with Gasteiger partial charge in [-0.25, -0.2) is 0 Å². The van der Waals surface area contributed by atoms with Crippen LogP contribution in [0.1, 0.15) is 30.5 Å². The highest BCUT2D eigenvalue weighted by atomic mass is 15.2. The molecule has 12 heavy (non-hydrogen) atoms. The Hall–Kier alpha value is -0.990. The minimum atomic E-state index is 0.833. The zero-order valence-electron chi connectivity index (χ0n) is 7.22. The summed E-state index contributed by atoms with van der Waals surface area (Å²) in [7, 11) is 0. The number of nitrogens with zero attached hydrogens (tertiary/aromatic N) is 1. The van der Waals surface area contributed by atoms with E-state index in [1.54, 1.807) is 0 Å².